The zero-order valence-corrected chi connectivity index (χ0v) is 11.9. The molecule has 0 aliphatic carbocycles. The second kappa shape index (κ2) is 4.83. The van der Waals surface area contributed by atoms with Crippen molar-refractivity contribution in [1.29, 1.82) is 0 Å². The molecule has 0 amide bonds. The van der Waals surface area contributed by atoms with Crippen molar-refractivity contribution < 1.29 is 0 Å². The molecule has 0 radical (unpaired) electrons. The monoisotopic (exact) mass is 292 g/mol. The molecule has 0 saturated heterocycles. The van der Waals surface area contributed by atoms with Gasteiger partial charge in [-0.15, -0.1) is 11.3 Å². The second-order valence-corrected chi connectivity index (χ2v) is 5.58. The summed E-state index contributed by atoms with van der Waals surface area (Å²) in [4.78, 5) is 8.78. The van der Waals surface area contributed by atoms with E-state index in [2.05, 4.69) is 16.9 Å². The van der Waals surface area contributed by atoms with Crippen LogP contribution in [-0.2, 0) is 0 Å². The second-order valence-electron chi connectivity index (χ2n) is 4.24. The highest BCUT2D eigenvalue weighted by molar-refractivity contribution is 7.09. The number of aromatic nitrogens is 3. The normalized spacial score (nSPS) is 12.9. The molecule has 3 aromatic rings. The van der Waals surface area contributed by atoms with E-state index in [9.17, 15) is 0 Å². The average Bonchev–Trinajstić information content (AvgIpc) is 3.00. The first-order chi connectivity index (χ1) is 9.22. The van der Waals surface area contributed by atoms with Crippen LogP contribution in [0.15, 0.2) is 29.8 Å². The van der Waals surface area contributed by atoms with Crippen molar-refractivity contribution in [2.75, 3.05) is 5.73 Å². The molecule has 1 unspecified atom stereocenters. The van der Waals surface area contributed by atoms with E-state index in [0.717, 1.165) is 22.5 Å². The lowest BCUT2D eigenvalue weighted by Gasteiger charge is -2.17. The molecule has 0 fully saturated rings. The topological polar surface area (TPSA) is 56.7 Å². The largest absolute Gasteiger partial charge is 0.369 e. The lowest BCUT2D eigenvalue weighted by molar-refractivity contribution is 0.585. The van der Waals surface area contributed by atoms with E-state index in [0.29, 0.717) is 11.0 Å². The molecule has 0 aliphatic heterocycles. The summed E-state index contributed by atoms with van der Waals surface area (Å²) in [7, 11) is 0. The molecule has 4 nitrogen and oxygen atoms in total. The number of hydrogen-bond acceptors (Lipinski definition) is 4. The van der Waals surface area contributed by atoms with Crippen molar-refractivity contribution in [3.63, 3.8) is 0 Å². The van der Waals surface area contributed by atoms with Gasteiger partial charge in [-0.1, -0.05) is 24.6 Å². The van der Waals surface area contributed by atoms with Crippen molar-refractivity contribution in [2.24, 2.45) is 0 Å². The third-order valence-corrected chi connectivity index (χ3v) is 4.30. The molecule has 1 aromatic carbocycles. The summed E-state index contributed by atoms with van der Waals surface area (Å²) in [6, 6.07) is 5.73. The minimum Gasteiger partial charge on any atom is -0.369 e. The van der Waals surface area contributed by atoms with Crippen molar-refractivity contribution in [3.8, 4) is 0 Å². The van der Waals surface area contributed by atoms with Crippen LogP contribution in [0.25, 0.3) is 11.0 Å². The Morgan fingerprint density at radius 2 is 2.32 bits per heavy atom. The molecule has 0 saturated carbocycles. The summed E-state index contributed by atoms with van der Waals surface area (Å²) in [6.45, 7) is 2.11. The molecule has 98 valence electrons. The first kappa shape index (κ1) is 12.4. The first-order valence-electron chi connectivity index (χ1n) is 6.03. The van der Waals surface area contributed by atoms with Gasteiger partial charge >= 0.3 is 0 Å². The zero-order chi connectivity index (χ0) is 13.4. The summed E-state index contributed by atoms with van der Waals surface area (Å²) in [5, 5.41) is 3.65. The van der Waals surface area contributed by atoms with E-state index in [1.54, 1.807) is 17.5 Å². The van der Waals surface area contributed by atoms with Gasteiger partial charge in [-0.2, -0.15) is 0 Å². The molecule has 3 rings (SSSR count). The Hall–Kier alpha value is -1.59. The van der Waals surface area contributed by atoms with E-state index < -0.39 is 0 Å². The van der Waals surface area contributed by atoms with Crippen LogP contribution < -0.4 is 5.73 Å². The van der Waals surface area contributed by atoms with Gasteiger partial charge in [0.25, 0.3) is 0 Å². The Morgan fingerprint density at radius 3 is 3.00 bits per heavy atom. The Balaban J connectivity index is 2.26. The van der Waals surface area contributed by atoms with Crippen molar-refractivity contribution in [2.45, 2.75) is 19.4 Å². The third kappa shape index (κ3) is 1.99. The fourth-order valence-corrected chi connectivity index (χ4v) is 3.38. The Kier molecular flexibility index (Phi) is 3.16. The summed E-state index contributed by atoms with van der Waals surface area (Å²) in [6.07, 6.45) is 2.69. The minimum atomic E-state index is 0.0740. The number of nitrogen functional groups attached to an aromatic ring is 1. The maximum atomic E-state index is 6.30. The fraction of sp³-hybridized carbons (Fsp3) is 0.231. The molecular formula is C13H13ClN4S. The number of nitrogens with two attached hydrogens (primary N) is 1. The van der Waals surface area contributed by atoms with Crippen LogP contribution in [0.1, 0.15) is 24.4 Å². The summed E-state index contributed by atoms with van der Waals surface area (Å²) >= 11 is 7.92. The lowest BCUT2D eigenvalue weighted by atomic mass is 10.2. The first-order valence-corrected chi connectivity index (χ1v) is 7.29. The summed E-state index contributed by atoms with van der Waals surface area (Å²) in [5.41, 5.74) is 7.77. The van der Waals surface area contributed by atoms with Gasteiger partial charge < -0.3 is 5.73 Å². The Bertz CT molecular complexity index is 705. The van der Waals surface area contributed by atoms with Gasteiger partial charge in [-0.25, -0.2) is 9.97 Å². The lowest BCUT2D eigenvalue weighted by Crippen LogP contribution is -2.12. The predicted molar refractivity (Wildman–Crippen MR) is 79.7 cm³/mol. The van der Waals surface area contributed by atoms with E-state index >= 15 is 0 Å². The Morgan fingerprint density at radius 1 is 1.47 bits per heavy atom. The number of anilines is 1. The molecule has 0 aliphatic rings. The van der Waals surface area contributed by atoms with Crippen molar-refractivity contribution in [3.05, 3.63) is 39.8 Å². The van der Waals surface area contributed by atoms with Gasteiger partial charge in [0.1, 0.15) is 5.01 Å². The van der Waals surface area contributed by atoms with Gasteiger partial charge in [0.15, 0.2) is 0 Å². The van der Waals surface area contributed by atoms with Crippen LogP contribution in [0.2, 0.25) is 5.02 Å². The highest BCUT2D eigenvalue weighted by Crippen LogP contribution is 2.33. The molecule has 19 heavy (non-hydrogen) atoms. The standard InChI is InChI=1S/C13H13ClN4S/c1-2-10(12-16-6-7-19-12)18-11-8(14)4-3-5-9(11)17-13(18)15/h3-7,10H,2H2,1H3,(H2,15,17). The molecular weight excluding hydrogens is 280 g/mol. The molecule has 2 heterocycles. The molecule has 2 N–H and O–H groups in total. The number of thiazole rings is 1. The van der Waals surface area contributed by atoms with Crippen LogP contribution in [-0.4, -0.2) is 14.5 Å². The van der Waals surface area contributed by atoms with Crippen molar-refractivity contribution in [1.82, 2.24) is 14.5 Å². The van der Waals surface area contributed by atoms with Gasteiger partial charge in [0.2, 0.25) is 5.95 Å². The zero-order valence-electron chi connectivity index (χ0n) is 10.4. The SMILES string of the molecule is CCC(c1nccs1)n1c(N)nc2cccc(Cl)c21. The summed E-state index contributed by atoms with van der Waals surface area (Å²) in [5.74, 6) is 0.477. The smallest absolute Gasteiger partial charge is 0.201 e. The highest BCUT2D eigenvalue weighted by Gasteiger charge is 2.21. The third-order valence-electron chi connectivity index (χ3n) is 3.12. The number of benzene rings is 1. The van der Waals surface area contributed by atoms with Crippen LogP contribution in [0.5, 0.6) is 0 Å². The maximum Gasteiger partial charge on any atom is 0.201 e. The van der Waals surface area contributed by atoms with E-state index in [-0.39, 0.29) is 6.04 Å². The molecule has 0 bridgehead atoms. The maximum absolute atomic E-state index is 6.30. The molecule has 0 spiro atoms. The van der Waals surface area contributed by atoms with Crippen LogP contribution >= 0.6 is 22.9 Å². The number of imidazole rings is 1. The number of fused-ring (bicyclic) bond motifs is 1. The van der Waals surface area contributed by atoms with Gasteiger partial charge in [-0.3, -0.25) is 4.57 Å². The van der Waals surface area contributed by atoms with Crippen LogP contribution in [0.4, 0.5) is 5.95 Å². The number of rotatable bonds is 3. The molecule has 1 atom stereocenters. The van der Waals surface area contributed by atoms with Crippen LogP contribution in [0.3, 0.4) is 0 Å². The Labute approximate surface area is 119 Å². The average molecular weight is 293 g/mol. The predicted octanol–water partition coefficient (Wildman–Crippen LogP) is 3.73. The number of hydrogen-bond donors (Lipinski definition) is 1. The van der Waals surface area contributed by atoms with E-state index in [1.165, 1.54) is 0 Å². The van der Waals surface area contributed by atoms with Gasteiger partial charge in [-0.05, 0) is 18.6 Å². The van der Waals surface area contributed by atoms with E-state index in [1.807, 2.05) is 28.1 Å². The number of halogens is 1. The highest BCUT2D eigenvalue weighted by atomic mass is 35.5. The minimum absolute atomic E-state index is 0.0740. The van der Waals surface area contributed by atoms with Crippen molar-refractivity contribution >= 4 is 39.9 Å². The quantitative estimate of drug-likeness (QED) is 0.800. The number of nitrogens with zero attached hydrogens (tertiary/aromatic N) is 3. The van der Waals surface area contributed by atoms with Gasteiger partial charge in [0, 0.05) is 11.6 Å². The van der Waals surface area contributed by atoms with Crippen LogP contribution in [0, 0.1) is 0 Å². The van der Waals surface area contributed by atoms with E-state index in [4.69, 9.17) is 17.3 Å². The number of para-hydroxylation sites is 1. The summed E-state index contributed by atoms with van der Waals surface area (Å²) < 4.78 is 1.98. The fourth-order valence-electron chi connectivity index (χ4n) is 2.31. The molecule has 6 heteroatoms. The molecule has 2 aromatic heterocycles. The van der Waals surface area contributed by atoms with Gasteiger partial charge in [0.05, 0.1) is 22.1 Å².